The Labute approximate surface area is 85.8 Å². The molecule has 0 saturated carbocycles. The quantitative estimate of drug-likeness (QED) is 0.767. The predicted molar refractivity (Wildman–Crippen MR) is 54.9 cm³/mol. The number of nitrogens with two attached hydrogens (primary N) is 1. The molecule has 3 N–H and O–H groups in total. The number of nitrogen functional groups attached to an aromatic ring is 1. The van der Waals surface area contributed by atoms with Crippen molar-refractivity contribution in [2.24, 2.45) is 0 Å². The van der Waals surface area contributed by atoms with Gasteiger partial charge in [0.25, 0.3) is 0 Å². The summed E-state index contributed by atoms with van der Waals surface area (Å²) in [5.41, 5.74) is 6.55. The van der Waals surface area contributed by atoms with E-state index in [9.17, 15) is 4.79 Å². The summed E-state index contributed by atoms with van der Waals surface area (Å²) in [5, 5.41) is 8.71. The molecule has 2 rings (SSSR count). The van der Waals surface area contributed by atoms with Crippen LogP contribution in [0.5, 0.6) is 0 Å². The van der Waals surface area contributed by atoms with Crippen LogP contribution in [0.4, 0.5) is 5.82 Å². The van der Waals surface area contributed by atoms with Crippen molar-refractivity contribution in [3.05, 3.63) is 42.4 Å². The fourth-order valence-corrected chi connectivity index (χ4v) is 1.26. The number of hydrogen-bond donors (Lipinski definition) is 2. The lowest BCUT2D eigenvalue weighted by Crippen LogP contribution is -1.97. The molecule has 0 saturated heterocycles. The predicted octanol–water partition coefficient (Wildman–Crippen LogP) is 1.15. The molecule has 5 heteroatoms. The number of nitrogens with zero attached hydrogens (tertiary/aromatic N) is 2. The third kappa shape index (κ3) is 1.80. The van der Waals surface area contributed by atoms with Gasteiger partial charge in [-0.3, -0.25) is 0 Å². The van der Waals surface area contributed by atoms with Gasteiger partial charge in [0.1, 0.15) is 12.1 Å². The number of carbonyl (C=O) groups is 1. The minimum Gasteiger partial charge on any atom is -0.478 e. The Bertz CT molecular complexity index is 488. The lowest BCUT2D eigenvalue weighted by Gasteiger charge is -2.01. The highest BCUT2D eigenvalue weighted by Gasteiger charge is 2.02. The second kappa shape index (κ2) is 3.45. The van der Waals surface area contributed by atoms with E-state index in [0.29, 0.717) is 5.82 Å². The smallest absolute Gasteiger partial charge is 0.335 e. The van der Waals surface area contributed by atoms with Crippen molar-refractivity contribution in [1.29, 1.82) is 0 Å². The molecule has 5 nitrogen and oxygen atoms in total. The summed E-state index contributed by atoms with van der Waals surface area (Å²) < 4.78 is 1.72. The van der Waals surface area contributed by atoms with Crippen molar-refractivity contribution >= 4 is 11.8 Å². The summed E-state index contributed by atoms with van der Waals surface area (Å²) in [6.07, 6.45) is 3.24. The number of carboxylic acids is 1. The molecule has 0 bridgehead atoms. The van der Waals surface area contributed by atoms with E-state index in [0.717, 1.165) is 5.69 Å². The molecule has 0 spiro atoms. The molecular formula is C10H9N3O2. The highest BCUT2D eigenvalue weighted by molar-refractivity contribution is 5.87. The SMILES string of the molecule is Nc1cn(-c2ccc(C(=O)O)cc2)cn1. The summed E-state index contributed by atoms with van der Waals surface area (Å²) in [6, 6.07) is 6.47. The number of aromatic nitrogens is 2. The molecule has 0 unspecified atom stereocenters. The zero-order valence-corrected chi connectivity index (χ0v) is 7.79. The summed E-state index contributed by atoms with van der Waals surface area (Å²) in [5.74, 6) is -0.510. The van der Waals surface area contributed by atoms with Gasteiger partial charge in [0.2, 0.25) is 0 Å². The highest BCUT2D eigenvalue weighted by atomic mass is 16.4. The number of anilines is 1. The van der Waals surface area contributed by atoms with Gasteiger partial charge in [0.05, 0.1) is 11.8 Å². The fourth-order valence-electron chi connectivity index (χ4n) is 1.26. The molecule has 0 aliphatic carbocycles. The van der Waals surface area contributed by atoms with Crippen LogP contribution in [0.25, 0.3) is 5.69 Å². The van der Waals surface area contributed by atoms with E-state index in [1.54, 1.807) is 29.2 Å². The van der Waals surface area contributed by atoms with Gasteiger partial charge < -0.3 is 15.4 Å². The first-order chi connectivity index (χ1) is 7.16. The van der Waals surface area contributed by atoms with Crippen LogP contribution in [-0.4, -0.2) is 20.6 Å². The molecule has 15 heavy (non-hydrogen) atoms. The average molecular weight is 203 g/mol. The molecule has 2 aromatic rings. The van der Waals surface area contributed by atoms with Crippen molar-refractivity contribution in [2.75, 3.05) is 5.73 Å². The first-order valence-corrected chi connectivity index (χ1v) is 4.30. The van der Waals surface area contributed by atoms with Crippen LogP contribution in [0.1, 0.15) is 10.4 Å². The summed E-state index contributed by atoms with van der Waals surface area (Å²) in [7, 11) is 0. The van der Waals surface area contributed by atoms with E-state index in [4.69, 9.17) is 10.8 Å². The second-order valence-electron chi connectivity index (χ2n) is 3.06. The maximum atomic E-state index is 10.6. The van der Waals surface area contributed by atoms with Crippen LogP contribution in [0.15, 0.2) is 36.8 Å². The van der Waals surface area contributed by atoms with Crippen LogP contribution in [0.3, 0.4) is 0 Å². The van der Waals surface area contributed by atoms with Crippen LogP contribution < -0.4 is 5.73 Å². The Morgan fingerprint density at radius 1 is 1.33 bits per heavy atom. The largest absolute Gasteiger partial charge is 0.478 e. The number of imidazole rings is 1. The number of benzene rings is 1. The van der Waals surface area contributed by atoms with E-state index in [-0.39, 0.29) is 5.56 Å². The van der Waals surface area contributed by atoms with Crippen molar-refractivity contribution in [3.8, 4) is 5.69 Å². The Kier molecular flexibility index (Phi) is 2.13. The van der Waals surface area contributed by atoms with E-state index < -0.39 is 5.97 Å². The highest BCUT2D eigenvalue weighted by Crippen LogP contribution is 2.11. The van der Waals surface area contributed by atoms with Crippen LogP contribution in [0, 0.1) is 0 Å². The molecule has 0 aliphatic heterocycles. The number of carboxylic acid groups (broad SMARTS) is 1. The average Bonchev–Trinajstić information content (AvgIpc) is 2.65. The van der Waals surface area contributed by atoms with E-state index in [1.807, 2.05) is 0 Å². The second-order valence-corrected chi connectivity index (χ2v) is 3.06. The molecule has 1 aromatic heterocycles. The maximum Gasteiger partial charge on any atom is 0.335 e. The summed E-state index contributed by atoms with van der Waals surface area (Å²) >= 11 is 0. The van der Waals surface area contributed by atoms with Gasteiger partial charge in [-0.2, -0.15) is 0 Å². The lowest BCUT2D eigenvalue weighted by molar-refractivity contribution is 0.0697. The first-order valence-electron chi connectivity index (χ1n) is 4.30. The standard InChI is InChI=1S/C10H9N3O2/c11-9-5-13(6-12-9)8-3-1-7(2-4-8)10(14)15/h1-6H,11H2,(H,14,15). The monoisotopic (exact) mass is 203 g/mol. The van der Waals surface area contributed by atoms with E-state index in [1.165, 1.54) is 12.1 Å². The Morgan fingerprint density at radius 3 is 2.47 bits per heavy atom. The van der Waals surface area contributed by atoms with Crippen molar-refractivity contribution < 1.29 is 9.90 Å². The summed E-state index contributed by atoms with van der Waals surface area (Å²) in [6.45, 7) is 0. The van der Waals surface area contributed by atoms with Gasteiger partial charge >= 0.3 is 5.97 Å². The van der Waals surface area contributed by atoms with E-state index >= 15 is 0 Å². The number of hydrogen-bond acceptors (Lipinski definition) is 3. The van der Waals surface area contributed by atoms with Crippen LogP contribution in [0.2, 0.25) is 0 Å². The Balaban J connectivity index is 2.35. The minimum atomic E-state index is -0.938. The zero-order valence-electron chi connectivity index (χ0n) is 7.79. The van der Waals surface area contributed by atoms with Gasteiger partial charge in [-0.15, -0.1) is 0 Å². The molecule has 76 valence electrons. The first kappa shape index (κ1) is 9.26. The molecule has 0 atom stereocenters. The third-order valence-electron chi connectivity index (χ3n) is 2.01. The van der Waals surface area contributed by atoms with Crippen molar-refractivity contribution in [2.45, 2.75) is 0 Å². The fraction of sp³-hybridized carbons (Fsp3) is 0. The van der Waals surface area contributed by atoms with Gasteiger partial charge in [0.15, 0.2) is 0 Å². The minimum absolute atomic E-state index is 0.256. The number of aromatic carboxylic acids is 1. The molecule has 1 heterocycles. The van der Waals surface area contributed by atoms with Crippen molar-refractivity contribution in [1.82, 2.24) is 9.55 Å². The molecule has 0 amide bonds. The topological polar surface area (TPSA) is 81.1 Å². The Hall–Kier alpha value is -2.30. The molecule has 0 fully saturated rings. The van der Waals surface area contributed by atoms with Gasteiger partial charge in [-0.05, 0) is 24.3 Å². The molecule has 1 aromatic carbocycles. The van der Waals surface area contributed by atoms with Gasteiger partial charge in [-0.25, -0.2) is 9.78 Å². The van der Waals surface area contributed by atoms with Crippen LogP contribution in [-0.2, 0) is 0 Å². The third-order valence-corrected chi connectivity index (χ3v) is 2.01. The van der Waals surface area contributed by atoms with Crippen molar-refractivity contribution in [3.63, 3.8) is 0 Å². The normalized spacial score (nSPS) is 10.1. The summed E-state index contributed by atoms with van der Waals surface area (Å²) in [4.78, 5) is 14.5. The van der Waals surface area contributed by atoms with Gasteiger partial charge in [0, 0.05) is 5.69 Å². The molecule has 0 aliphatic rings. The lowest BCUT2D eigenvalue weighted by atomic mass is 10.2. The van der Waals surface area contributed by atoms with Gasteiger partial charge in [-0.1, -0.05) is 0 Å². The molecular weight excluding hydrogens is 194 g/mol. The molecule has 0 radical (unpaired) electrons. The Morgan fingerprint density at radius 2 is 2.00 bits per heavy atom. The van der Waals surface area contributed by atoms with E-state index in [2.05, 4.69) is 4.98 Å². The number of rotatable bonds is 2. The zero-order chi connectivity index (χ0) is 10.8. The van der Waals surface area contributed by atoms with Crippen LogP contribution >= 0.6 is 0 Å². The maximum absolute atomic E-state index is 10.6.